The fraction of sp³-hybridized carbons (Fsp3) is 0.286. The first-order valence-electron chi connectivity index (χ1n) is 9.55. The van der Waals surface area contributed by atoms with Gasteiger partial charge in [0, 0.05) is 25.6 Å². The van der Waals surface area contributed by atoms with Crippen LogP contribution in [0.1, 0.15) is 29.6 Å². The maximum atomic E-state index is 12.9. The summed E-state index contributed by atoms with van der Waals surface area (Å²) in [5, 5.41) is 6.83. The number of rotatable bonds is 6. The van der Waals surface area contributed by atoms with E-state index in [1.807, 2.05) is 0 Å². The molecule has 1 unspecified atom stereocenters. The van der Waals surface area contributed by atoms with Crippen molar-refractivity contribution in [1.29, 1.82) is 0 Å². The molecule has 1 atom stereocenters. The Morgan fingerprint density at radius 2 is 1.83 bits per heavy atom. The van der Waals surface area contributed by atoms with Gasteiger partial charge in [-0.1, -0.05) is 17.3 Å². The van der Waals surface area contributed by atoms with Crippen molar-refractivity contribution in [2.75, 3.05) is 13.1 Å². The minimum atomic E-state index is -0.338. The summed E-state index contributed by atoms with van der Waals surface area (Å²) >= 11 is 0. The summed E-state index contributed by atoms with van der Waals surface area (Å²) in [6.45, 7) is 1.46. The molecule has 1 N–H and O–H groups in total. The number of hydrogen-bond acceptors (Lipinski definition) is 5. The topological polar surface area (TPSA) is 80.5 Å². The third-order valence-electron chi connectivity index (χ3n) is 4.86. The molecule has 1 fully saturated rings. The van der Waals surface area contributed by atoms with Crippen LogP contribution in [0.5, 0.6) is 5.75 Å². The van der Waals surface area contributed by atoms with Crippen molar-refractivity contribution < 1.29 is 22.8 Å². The zero-order valence-electron chi connectivity index (χ0n) is 16.1. The Labute approximate surface area is 171 Å². The maximum absolute atomic E-state index is 12.9. The monoisotopic (exact) mass is 414 g/mol. The molecule has 4 rings (SSSR count). The number of amides is 2. The average Bonchev–Trinajstić information content (AvgIpc) is 3.42. The summed E-state index contributed by atoms with van der Waals surface area (Å²) in [4.78, 5) is 18.4. The van der Waals surface area contributed by atoms with Crippen molar-refractivity contribution in [3.63, 3.8) is 0 Å². The van der Waals surface area contributed by atoms with Crippen LogP contribution in [0.2, 0.25) is 0 Å². The first kappa shape index (κ1) is 19.8. The van der Waals surface area contributed by atoms with Crippen LogP contribution in [0.4, 0.5) is 13.6 Å². The number of hydrogen-bond donors (Lipinski definition) is 1. The van der Waals surface area contributed by atoms with E-state index in [1.165, 1.54) is 36.4 Å². The van der Waals surface area contributed by atoms with Gasteiger partial charge in [-0.25, -0.2) is 13.6 Å². The maximum Gasteiger partial charge on any atom is 0.317 e. The zero-order valence-corrected chi connectivity index (χ0v) is 16.1. The van der Waals surface area contributed by atoms with E-state index in [0.29, 0.717) is 37.1 Å². The molecule has 156 valence electrons. The number of urea groups is 1. The van der Waals surface area contributed by atoms with Crippen LogP contribution in [0.15, 0.2) is 53.1 Å². The summed E-state index contributed by atoms with van der Waals surface area (Å²) in [7, 11) is 0. The summed E-state index contributed by atoms with van der Waals surface area (Å²) in [6, 6.07) is 11.5. The van der Waals surface area contributed by atoms with Gasteiger partial charge in [-0.05, 0) is 48.4 Å². The second-order valence-electron chi connectivity index (χ2n) is 7.01. The molecule has 2 aromatic carbocycles. The van der Waals surface area contributed by atoms with Crippen molar-refractivity contribution >= 4 is 6.03 Å². The molecule has 9 heteroatoms. The van der Waals surface area contributed by atoms with Crippen LogP contribution in [0, 0.1) is 11.6 Å². The number of benzene rings is 2. The average molecular weight is 414 g/mol. The Balaban J connectivity index is 1.26. The SMILES string of the molecule is O=C(NCc1ccc(F)cc1)N1CCC(c2noc(COc3ccc(F)cc3)n2)C1. The van der Waals surface area contributed by atoms with Crippen molar-refractivity contribution in [3.05, 3.63) is 77.4 Å². The highest BCUT2D eigenvalue weighted by Crippen LogP contribution is 2.25. The van der Waals surface area contributed by atoms with Gasteiger partial charge in [-0.3, -0.25) is 0 Å². The molecule has 2 heterocycles. The first-order chi connectivity index (χ1) is 14.6. The van der Waals surface area contributed by atoms with Crippen molar-refractivity contribution in [2.24, 2.45) is 0 Å². The van der Waals surface area contributed by atoms with E-state index in [9.17, 15) is 13.6 Å². The van der Waals surface area contributed by atoms with Crippen molar-refractivity contribution in [3.8, 4) is 5.75 Å². The minimum Gasteiger partial charge on any atom is -0.484 e. The number of carbonyl (C=O) groups is 1. The van der Waals surface area contributed by atoms with E-state index >= 15 is 0 Å². The molecule has 0 radical (unpaired) electrons. The number of nitrogens with zero attached hydrogens (tertiary/aromatic N) is 3. The second kappa shape index (κ2) is 8.89. The Morgan fingerprint density at radius 3 is 2.57 bits per heavy atom. The Bertz CT molecular complexity index is 992. The van der Waals surface area contributed by atoms with Crippen molar-refractivity contribution in [1.82, 2.24) is 20.4 Å². The molecule has 0 bridgehead atoms. The highest BCUT2D eigenvalue weighted by Gasteiger charge is 2.30. The van der Waals surface area contributed by atoms with Gasteiger partial charge in [0.05, 0.1) is 0 Å². The first-order valence-corrected chi connectivity index (χ1v) is 9.55. The summed E-state index contributed by atoms with van der Waals surface area (Å²) < 4.78 is 36.6. The zero-order chi connectivity index (χ0) is 20.9. The molecule has 1 aliphatic heterocycles. The smallest absolute Gasteiger partial charge is 0.317 e. The van der Waals surface area contributed by atoms with Crippen LogP contribution in [0.3, 0.4) is 0 Å². The fourth-order valence-corrected chi connectivity index (χ4v) is 3.22. The molecule has 2 amide bonds. The largest absolute Gasteiger partial charge is 0.484 e. The van der Waals surface area contributed by atoms with E-state index in [4.69, 9.17) is 9.26 Å². The van der Waals surface area contributed by atoms with Crippen LogP contribution < -0.4 is 10.1 Å². The lowest BCUT2D eigenvalue weighted by Crippen LogP contribution is -2.38. The van der Waals surface area contributed by atoms with Gasteiger partial charge in [0.2, 0.25) is 0 Å². The summed E-state index contributed by atoms with van der Waals surface area (Å²) in [5.41, 5.74) is 0.824. The van der Waals surface area contributed by atoms with E-state index in [-0.39, 0.29) is 30.2 Å². The predicted octanol–water partition coefficient (Wildman–Crippen LogP) is 3.63. The molecule has 3 aromatic rings. The van der Waals surface area contributed by atoms with Crippen LogP contribution in [-0.4, -0.2) is 34.2 Å². The Morgan fingerprint density at radius 1 is 1.13 bits per heavy atom. The minimum absolute atomic E-state index is 0.0232. The van der Waals surface area contributed by atoms with Gasteiger partial charge in [-0.2, -0.15) is 4.98 Å². The molecule has 30 heavy (non-hydrogen) atoms. The van der Waals surface area contributed by atoms with Gasteiger partial charge in [0.25, 0.3) is 5.89 Å². The third kappa shape index (κ3) is 4.91. The Hall–Kier alpha value is -3.49. The van der Waals surface area contributed by atoms with Gasteiger partial charge in [0.1, 0.15) is 17.4 Å². The quantitative estimate of drug-likeness (QED) is 0.666. The molecule has 7 nitrogen and oxygen atoms in total. The van der Waals surface area contributed by atoms with Gasteiger partial charge < -0.3 is 19.5 Å². The highest BCUT2D eigenvalue weighted by atomic mass is 19.1. The highest BCUT2D eigenvalue weighted by molar-refractivity contribution is 5.74. The van der Waals surface area contributed by atoms with Crippen molar-refractivity contribution in [2.45, 2.75) is 25.5 Å². The van der Waals surface area contributed by atoms with Crippen LogP contribution in [0.25, 0.3) is 0 Å². The predicted molar refractivity (Wildman–Crippen MR) is 103 cm³/mol. The van der Waals surface area contributed by atoms with E-state index in [1.54, 1.807) is 17.0 Å². The van der Waals surface area contributed by atoms with Gasteiger partial charge in [0.15, 0.2) is 12.4 Å². The molecule has 1 aromatic heterocycles. The molecule has 0 spiro atoms. The number of halogens is 2. The summed E-state index contributed by atoms with van der Waals surface area (Å²) in [6.07, 6.45) is 0.724. The van der Waals surface area contributed by atoms with Crippen LogP contribution >= 0.6 is 0 Å². The molecule has 0 aliphatic carbocycles. The second-order valence-corrected chi connectivity index (χ2v) is 7.01. The van der Waals surface area contributed by atoms with Gasteiger partial charge in [-0.15, -0.1) is 0 Å². The Kier molecular flexibility index (Phi) is 5.87. The molecular weight excluding hydrogens is 394 g/mol. The fourth-order valence-electron chi connectivity index (χ4n) is 3.22. The van der Waals surface area contributed by atoms with E-state index < -0.39 is 0 Å². The number of carbonyl (C=O) groups excluding carboxylic acids is 1. The lowest BCUT2D eigenvalue weighted by atomic mass is 10.1. The van der Waals surface area contributed by atoms with Gasteiger partial charge >= 0.3 is 6.03 Å². The van der Waals surface area contributed by atoms with E-state index in [2.05, 4.69) is 15.5 Å². The number of nitrogens with one attached hydrogen (secondary N) is 1. The molecule has 1 saturated heterocycles. The molecule has 1 aliphatic rings. The standard InChI is InChI=1S/C21H20F2N4O3/c22-16-3-1-14(2-4-16)11-24-21(28)27-10-9-15(12-27)20-25-19(30-26-20)13-29-18-7-5-17(23)6-8-18/h1-8,15H,9-13H2,(H,24,28). The third-order valence-corrected chi connectivity index (χ3v) is 4.86. The summed E-state index contributed by atoms with van der Waals surface area (Å²) in [5.74, 6) is 0.672. The normalized spacial score (nSPS) is 15.9. The molecular formula is C21H20F2N4O3. The molecule has 0 saturated carbocycles. The number of aromatic nitrogens is 2. The number of ether oxygens (including phenoxy) is 1. The van der Waals surface area contributed by atoms with Crippen LogP contribution in [-0.2, 0) is 13.2 Å². The lowest BCUT2D eigenvalue weighted by molar-refractivity contribution is 0.207. The number of likely N-dealkylation sites (tertiary alicyclic amines) is 1. The van der Waals surface area contributed by atoms with E-state index in [0.717, 1.165) is 12.0 Å². The lowest BCUT2D eigenvalue weighted by Gasteiger charge is -2.16.